The molecule has 0 fully saturated rings. The second-order valence-corrected chi connectivity index (χ2v) is 5.28. The molecule has 0 aliphatic heterocycles. The van der Waals surface area contributed by atoms with E-state index in [4.69, 9.17) is 0 Å². The maximum atomic E-state index is 12.9. The van der Waals surface area contributed by atoms with Crippen LogP contribution < -0.4 is 4.87 Å². The van der Waals surface area contributed by atoms with E-state index in [2.05, 4.69) is 5.10 Å². The molecule has 2 aromatic heterocycles. The van der Waals surface area contributed by atoms with Gasteiger partial charge in [0.25, 0.3) is 0 Å². The van der Waals surface area contributed by atoms with E-state index < -0.39 is 0 Å². The number of aryl methyl sites for hydroxylation is 1. The summed E-state index contributed by atoms with van der Waals surface area (Å²) in [5.41, 5.74) is 2.50. The fraction of sp³-hybridized carbons (Fsp3) is 0.143. The molecule has 3 aromatic rings. The van der Waals surface area contributed by atoms with Crippen molar-refractivity contribution in [1.82, 2.24) is 14.3 Å². The highest BCUT2D eigenvalue weighted by Crippen LogP contribution is 2.10. The summed E-state index contributed by atoms with van der Waals surface area (Å²) in [6, 6.07) is 7.96. The van der Waals surface area contributed by atoms with Gasteiger partial charge in [-0.2, -0.15) is 5.10 Å². The van der Waals surface area contributed by atoms with Gasteiger partial charge in [-0.15, -0.1) is 0 Å². The summed E-state index contributed by atoms with van der Waals surface area (Å²) in [6.07, 6.45) is 1.80. The lowest BCUT2D eigenvalue weighted by Crippen LogP contribution is -2.15. The van der Waals surface area contributed by atoms with Gasteiger partial charge in [-0.05, 0) is 37.3 Å². The first-order chi connectivity index (χ1) is 9.63. The van der Waals surface area contributed by atoms with Crippen LogP contribution >= 0.6 is 11.3 Å². The van der Waals surface area contributed by atoms with Crippen LogP contribution in [-0.2, 0) is 6.54 Å². The van der Waals surface area contributed by atoms with E-state index in [0.29, 0.717) is 6.54 Å². The highest BCUT2D eigenvalue weighted by atomic mass is 32.1. The fourth-order valence-corrected chi connectivity index (χ4v) is 2.68. The Bertz CT molecular complexity index is 785. The van der Waals surface area contributed by atoms with E-state index in [0.717, 1.165) is 17.1 Å². The quantitative estimate of drug-likeness (QED) is 0.743. The molecular formula is C14H12FN3OS. The van der Waals surface area contributed by atoms with Gasteiger partial charge in [0.05, 0.1) is 17.9 Å². The number of thiazole rings is 1. The number of halogens is 1. The molecule has 3 rings (SSSR count). The lowest BCUT2D eigenvalue weighted by Gasteiger charge is -2.02. The first-order valence-electron chi connectivity index (χ1n) is 6.09. The summed E-state index contributed by atoms with van der Waals surface area (Å²) in [5.74, 6) is -0.276. The molecule has 0 bridgehead atoms. The lowest BCUT2D eigenvalue weighted by molar-refractivity contribution is 0.627. The molecule has 0 amide bonds. The zero-order valence-electron chi connectivity index (χ0n) is 10.8. The van der Waals surface area contributed by atoms with Crippen molar-refractivity contribution in [3.05, 3.63) is 68.8 Å². The normalized spacial score (nSPS) is 10.9. The van der Waals surface area contributed by atoms with Crippen LogP contribution in [0.3, 0.4) is 0 Å². The Hall–Kier alpha value is -2.21. The molecule has 0 saturated carbocycles. The van der Waals surface area contributed by atoms with Gasteiger partial charge in [0, 0.05) is 17.3 Å². The predicted octanol–water partition coefficient (Wildman–Crippen LogP) is 2.59. The van der Waals surface area contributed by atoms with Crippen molar-refractivity contribution < 1.29 is 4.39 Å². The average Bonchev–Trinajstić information content (AvgIpc) is 3.02. The number of nitrogens with zero attached hydrogens (tertiary/aromatic N) is 3. The molecular weight excluding hydrogens is 277 g/mol. The maximum absolute atomic E-state index is 12.9. The minimum atomic E-state index is -0.276. The first-order valence-corrected chi connectivity index (χ1v) is 6.97. The molecule has 0 N–H and O–H groups in total. The highest BCUT2D eigenvalue weighted by molar-refractivity contribution is 7.07. The van der Waals surface area contributed by atoms with Crippen molar-refractivity contribution in [3.63, 3.8) is 0 Å². The first kappa shape index (κ1) is 12.8. The summed E-state index contributed by atoms with van der Waals surface area (Å²) in [5, 5.41) is 6.24. The molecule has 2 heterocycles. The Morgan fingerprint density at radius 2 is 2.00 bits per heavy atom. The average molecular weight is 289 g/mol. The third kappa shape index (κ3) is 2.42. The molecule has 0 unspecified atom stereocenters. The van der Waals surface area contributed by atoms with Crippen LogP contribution in [0.5, 0.6) is 0 Å². The van der Waals surface area contributed by atoms with Gasteiger partial charge in [-0.25, -0.2) is 9.07 Å². The number of rotatable bonds is 3. The third-order valence-corrected chi connectivity index (χ3v) is 3.91. The highest BCUT2D eigenvalue weighted by Gasteiger charge is 2.06. The van der Waals surface area contributed by atoms with Crippen LogP contribution in [0, 0.1) is 12.7 Å². The smallest absolute Gasteiger partial charge is 0.297 e. The van der Waals surface area contributed by atoms with Crippen LogP contribution in [0.25, 0.3) is 5.69 Å². The van der Waals surface area contributed by atoms with Crippen molar-refractivity contribution in [3.8, 4) is 5.69 Å². The number of benzene rings is 1. The summed E-state index contributed by atoms with van der Waals surface area (Å²) in [6.45, 7) is 2.34. The standard InChI is InChI=1S/C14H12FN3OS/c1-10-9-20-14(19)17(10)8-12-6-7-18(16-12)13-4-2-11(15)3-5-13/h2-7,9H,8H2,1H3. The van der Waals surface area contributed by atoms with Crippen LogP contribution in [-0.4, -0.2) is 14.3 Å². The maximum Gasteiger partial charge on any atom is 0.307 e. The van der Waals surface area contributed by atoms with E-state index >= 15 is 0 Å². The van der Waals surface area contributed by atoms with Crippen LogP contribution in [0.1, 0.15) is 11.4 Å². The number of hydrogen-bond acceptors (Lipinski definition) is 3. The molecule has 0 atom stereocenters. The Morgan fingerprint density at radius 3 is 2.65 bits per heavy atom. The molecule has 6 heteroatoms. The van der Waals surface area contributed by atoms with Gasteiger partial charge in [0.15, 0.2) is 0 Å². The van der Waals surface area contributed by atoms with Crippen molar-refractivity contribution in [1.29, 1.82) is 0 Å². The molecule has 4 nitrogen and oxygen atoms in total. The van der Waals surface area contributed by atoms with Gasteiger partial charge in [0.1, 0.15) is 5.82 Å². The van der Waals surface area contributed by atoms with E-state index in [1.807, 2.05) is 18.4 Å². The molecule has 0 aliphatic carbocycles. The summed E-state index contributed by atoms with van der Waals surface area (Å²) in [7, 11) is 0. The second-order valence-electron chi connectivity index (χ2n) is 4.46. The van der Waals surface area contributed by atoms with Crippen molar-refractivity contribution in [2.45, 2.75) is 13.5 Å². The summed E-state index contributed by atoms with van der Waals surface area (Å²) in [4.78, 5) is 11.7. The third-order valence-electron chi connectivity index (χ3n) is 3.03. The minimum Gasteiger partial charge on any atom is -0.297 e. The van der Waals surface area contributed by atoms with Crippen molar-refractivity contribution in [2.24, 2.45) is 0 Å². The van der Waals surface area contributed by atoms with Crippen LogP contribution in [0.4, 0.5) is 4.39 Å². The second kappa shape index (κ2) is 5.05. The molecule has 0 spiro atoms. The Balaban J connectivity index is 1.87. The van der Waals surface area contributed by atoms with E-state index in [-0.39, 0.29) is 10.7 Å². The van der Waals surface area contributed by atoms with Gasteiger partial charge in [-0.1, -0.05) is 11.3 Å². The van der Waals surface area contributed by atoms with Crippen molar-refractivity contribution >= 4 is 11.3 Å². The van der Waals surface area contributed by atoms with Crippen LogP contribution in [0.2, 0.25) is 0 Å². The minimum absolute atomic E-state index is 0.0128. The van der Waals surface area contributed by atoms with Gasteiger partial charge < -0.3 is 0 Å². The van der Waals surface area contributed by atoms with Crippen LogP contribution in [0.15, 0.2) is 46.7 Å². The molecule has 102 valence electrons. The summed E-state index contributed by atoms with van der Waals surface area (Å²) >= 11 is 1.19. The molecule has 0 radical (unpaired) electrons. The molecule has 20 heavy (non-hydrogen) atoms. The fourth-order valence-electron chi connectivity index (χ4n) is 1.94. The topological polar surface area (TPSA) is 39.8 Å². The van der Waals surface area contributed by atoms with E-state index in [9.17, 15) is 9.18 Å². The number of hydrogen-bond donors (Lipinski definition) is 0. The largest absolute Gasteiger partial charge is 0.307 e. The van der Waals surface area contributed by atoms with E-state index in [1.54, 1.807) is 27.6 Å². The molecule has 1 aromatic carbocycles. The van der Waals surface area contributed by atoms with E-state index in [1.165, 1.54) is 23.5 Å². The molecule has 0 aliphatic rings. The molecule has 0 saturated heterocycles. The van der Waals surface area contributed by atoms with Gasteiger partial charge in [0.2, 0.25) is 0 Å². The Labute approximate surface area is 118 Å². The zero-order chi connectivity index (χ0) is 14.1. The van der Waals surface area contributed by atoms with Gasteiger partial charge >= 0.3 is 4.87 Å². The monoisotopic (exact) mass is 289 g/mol. The lowest BCUT2D eigenvalue weighted by atomic mass is 10.3. The predicted molar refractivity (Wildman–Crippen MR) is 75.9 cm³/mol. The Morgan fingerprint density at radius 1 is 1.25 bits per heavy atom. The zero-order valence-corrected chi connectivity index (χ0v) is 11.6. The Kier molecular flexibility index (Phi) is 3.23. The van der Waals surface area contributed by atoms with Gasteiger partial charge in [-0.3, -0.25) is 9.36 Å². The summed E-state index contributed by atoms with van der Waals surface area (Å²) < 4.78 is 16.2. The van der Waals surface area contributed by atoms with Crippen molar-refractivity contribution in [2.75, 3.05) is 0 Å². The SMILES string of the molecule is Cc1csc(=O)n1Cc1ccn(-c2ccc(F)cc2)n1. The number of aromatic nitrogens is 3.